The van der Waals surface area contributed by atoms with Crippen molar-refractivity contribution >= 4 is 17.5 Å². The van der Waals surface area contributed by atoms with Gasteiger partial charge in [0.15, 0.2) is 0 Å². The lowest BCUT2D eigenvalue weighted by molar-refractivity contribution is 0.0662. The minimum Gasteiger partial charge on any atom is -0.337 e. The zero-order chi connectivity index (χ0) is 17.1. The van der Waals surface area contributed by atoms with Crippen molar-refractivity contribution < 1.29 is 13.6 Å². The fourth-order valence-corrected chi connectivity index (χ4v) is 3.36. The van der Waals surface area contributed by atoms with Crippen molar-refractivity contribution in [2.75, 3.05) is 13.1 Å². The fraction of sp³-hybridized carbons (Fsp3) is 0.412. The van der Waals surface area contributed by atoms with E-state index in [9.17, 15) is 13.6 Å². The molecule has 1 N–H and O–H groups in total. The topological polar surface area (TPSA) is 49.0 Å². The summed E-state index contributed by atoms with van der Waals surface area (Å²) >= 11 is 5.94. The molecule has 1 saturated heterocycles. The second kappa shape index (κ2) is 7.30. The van der Waals surface area contributed by atoms with Gasteiger partial charge < -0.3 is 4.90 Å². The van der Waals surface area contributed by atoms with Gasteiger partial charge in [0.05, 0.1) is 11.2 Å². The lowest BCUT2D eigenvalue weighted by Crippen LogP contribution is -2.40. The van der Waals surface area contributed by atoms with Crippen molar-refractivity contribution in [3.63, 3.8) is 0 Å². The standard InChI is InChI=1S/C17H18ClF2N3O/c18-13-9-21-22-16(13)17(24)23-8-2-3-11(10-23)6-7-12-14(19)4-1-5-15(12)20/h1,4-5,9,11H,2-3,6-8,10H2,(H,21,22)/t11-/m1/s1. The molecule has 1 amide bonds. The van der Waals surface area contributed by atoms with Crippen molar-refractivity contribution in [2.45, 2.75) is 25.7 Å². The van der Waals surface area contributed by atoms with E-state index in [0.29, 0.717) is 31.0 Å². The van der Waals surface area contributed by atoms with Crippen LogP contribution in [0.25, 0.3) is 0 Å². The number of benzene rings is 1. The summed E-state index contributed by atoms with van der Waals surface area (Å²) in [5, 5.41) is 6.68. The molecule has 24 heavy (non-hydrogen) atoms. The van der Waals surface area contributed by atoms with Gasteiger partial charge in [0.1, 0.15) is 17.3 Å². The van der Waals surface area contributed by atoms with Crippen LogP contribution in [0.1, 0.15) is 35.3 Å². The number of nitrogens with zero attached hydrogens (tertiary/aromatic N) is 2. The summed E-state index contributed by atoms with van der Waals surface area (Å²) in [6, 6.07) is 3.91. The van der Waals surface area contributed by atoms with Crippen molar-refractivity contribution in [1.82, 2.24) is 15.1 Å². The normalized spacial score (nSPS) is 18.0. The molecule has 1 fully saturated rings. The summed E-state index contributed by atoms with van der Waals surface area (Å²) < 4.78 is 27.4. The molecule has 1 aliphatic heterocycles. The molecule has 0 radical (unpaired) electrons. The first kappa shape index (κ1) is 16.9. The first-order chi connectivity index (χ1) is 11.6. The zero-order valence-electron chi connectivity index (χ0n) is 13.1. The number of hydrogen-bond donors (Lipinski definition) is 1. The Morgan fingerprint density at radius 3 is 2.79 bits per heavy atom. The number of nitrogens with one attached hydrogen (secondary N) is 1. The molecule has 0 unspecified atom stereocenters. The van der Waals surface area contributed by atoms with Gasteiger partial charge >= 0.3 is 0 Å². The maximum atomic E-state index is 13.7. The molecule has 3 rings (SSSR count). The number of aromatic nitrogens is 2. The summed E-state index contributed by atoms with van der Waals surface area (Å²) in [5.41, 5.74) is 0.412. The molecule has 4 nitrogen and oxygen atoms in total. The maximum Gasteiger partial charge on any atom is 0.273 e. The number of carbonyl (C=O) groups is 1. The highest BCUT2D eigenvalue weighted by atomic mass is 35.5. The smallest absolute Gasteiger partial charge is 0.273 e. The molecular formula is C17H18ClF2N3O. The number of piperidine rings is 1. The number of carbonyl (C=O) groups excluding carboxylic acids is 1. The highest BCUT2D eigenvalue weighted by molar-refractivity contribution is 6.33. The predicted octanol–water partition coefficient (Wildman–Crippen LogP) is 3.83. The van der Waals surface area contributed by atoms with Crippen LogP contribution in [0, 0.1) is 17.6 Å². The molecule has 1 atom stereocenters. The van der Waals surface area contributed by atoms with Gasteiger partial charge in [-0.2, -0.15) is 5.10 Å². The maximum absolute atomic E-state index is 13.7. The van der Waals surface area contributed by atoms with E-state index >= 15 is 0 Å². The predicted molar refractivity (Wildman–Crippen MR) is 86.9 cm³/mol. The lowest BCUT2D eigenvalue weighted by atomic mass is 9.91. The van der Waals surface area contributed by atoms with Crippen molar-refractivity contribution in [3.8, 4) is 0 Å². The van der Waals surface area contributed by atoms with E-state index in [4.69, 9.17) is 11.6 Å². The Kier molecular flexibility index (Phi) is 5.14. The Morgan fingerprint density at radius 1 is 1.38 bits per heavy atom. The van der Waals surface area contributed by atoms with Gasteiger partial charge in [-0.05, 0) is 43.7 Å². The Morgan fingerprint density at radius 2 is 2.12 bits per heavy atom. The SMILES string of the molecule is O=C(c1[nH]ncc1Cl)N1CCC[C@H](CCc2c(F)cccc2F)C1. The van der Waals surface area contributed by atoms with Gasteiger partial charge in [0, 0.05) is 18.7 Å². The monoisotopic (exact) mass is 353 g/mol. The van der Waals surface area contributed by atoms with Crippen LogP contribution in [0.5, 0.6) is 0 Å². The summed E-state index contributed by atoms with van der Waals surface area (Å²) in [6.07, 6.45) is 4.17. The molecule has 1 aliphatic rings. The minimum absolute atomic E-state index is 0.123. The number of H-pyrrole nitrogens is 1. The molecule has 2 heterocycles. The minimum atomic E-state index is -0.511. The fourth-order valence-electron chi connectivity index (χ4n) is 3.18. The van der Waals surface area contributed by atoms with E-state index in [1.807, 2.05) is 0 Å². The van der Waals surface area contributed by atoms with Gasteiger partial charge in [-0.3, -0.25) is 9.89 Å². The van der Waals surface area contributed by atoms with E-state index in [1.165, 1.54) is 24.4 Å². The third-order valence-corrected chi connectivity index (χ3v) is 4.76. The van der Waals surface area contributed by atoms with Gasteiger partial charge in [-0.1, -0.05) is 17.7 Å². The molecule has 128 valence electrons. The summed E-state index contributed by atoms with van der Waals surface area (Å²) in [7, 11) is 0. The van der Waals surface area contributed by atoms with E-state index in [-0.39, 0.29) is 23.1 Å². The van der Waals surface area contributed by atoms with Crippen LogP contribution in [0.3, 0.4) is 0 Å². The molecule has 0 saturated carbocycles. The van der Waals surface area contributed by atoms with E-state index < -0.39 is 11.6 Å². The molecule has 1 aromatic carbocycles. The number of amides is 1. The molecule has 2 aromatic rings. The number of rotatable bonds is 4. The lowest BCUT2D eigenvalue weighted by Gasteiger charge is -2.32. The number of aromatic amines is 1. The number of halogens is 3. The first-order valence-corrected chi connectivity index (χ1v) is 8.35. The van der Waals surface area contributed by atoms with Crippen LogP contribution < -0.4 is 0 Å². The first-order valence-electron chi connectivity index (χ1n) is 7.97. The van der Waals surface area contributed by atoms with Crippen molar-refractivity contribution in [1.29, 1.82) is 0 Å². The number of likely N-dealkylation sites (tertiary alicyclic amines) is 1. The summed E-state index contributed by atoms with van der Waals surface area (Å²) in [4.78, 5) is 14.2. The average Bonchev–Trinajstić information content (AvgIpc) is 3.00. The van der Waals surface area contributed by atoms with Crippen LogP contribution in [0.4, 0.5) is 8.78 Å². The molecule has 0 bridgehead atoms. The van der Waals surface area contributed by atoms with Gasteiger partial charge in [0.2, 0.25) is 0 Å². The van der Waals surface area contributed by atoms with Crippen molar-refractivity contribution in [3.05, 3.63) is 52.3 Å². The van der Waals surface area contributed by atoms with Crippen LogP contribution in [-0.4, -0.2) is 34.1 Å². The van der Waals surface area contributed by atoms with Gasteiger partial charge in [-0.15, -0.1) is 0 Å². The van der Waals surface area contributed by atoms with Crippen LogP contribution in [0.2, 0.25) is 5.02 Å². The Labute approximate surface area is 143 Å². The molecule has 1 aromatic heterocycles. The van der Waals surface area contributed by atoms with Gasteiger partial charge in [-0.25, -0.2) is 8.78 Å². The second-order valence-electron chi connectivity index (χ2n) is 6.09. The largest absolute Gasteiger partial charge is 0.337 e. The molecule has 0 aliphatic carbocycles. The molecule has 0 spiro atoms. The van der Waals surface area contributed by atoms with Crippen LogP contribution in [-0.2, 0) is 6.42 Å². The second-order valence-corrected chi connectivity index (χ2v) is 6.50. The van der Waals surface area contributed by atoms with E-state index in [1.54, 1.807) is 4.90 Å². The summed E-state index contributed by atoms with van der Waals surface area (Å²) in [6.45, 7) is 1.21. The highest BCUT2D eigenvalue weighted by Gasteiger charge is 2.26. The average molecular weight is 354 g/mol. The highest BCUT2D eigenvalue weighted by Crippen LogP contribution is 2.25. The van der Waals surface area contributed by atoms with E-state index in [2.05, 4.69) is 10.2 Å². The third kappa shape index (κ3) is 3.59. The quantitative estimate of drug-likeness (QED) is 0.908. The molecule has 7 heteroatoms. The zero-order valence-corrected chi connectivity index (χ0v) is 13.8. The Bertz CT molecular complexity index is 714. The Balaban J connectivity index is 1.62. The van der Waals surface area contributed by atoms with E-state index in [0.717, 1.165) is 12.8 Å². The Hall–Kier alpha value is -1.95. The van der Waals surface area contributed by atoms with Crippen LogP contribution in [0.15, 0.2) is 24.4 Å². The van der Waals surface area contributed by atoms with Crippen molar-refractivity contribution in [2.24, 2.45) is 5.92 Å². The van der Waals surface area contributed by atoms with Gasteiger partial charge in [0.25, 0.3) is 5.91 Å². The third-order valence-electron chi connectivity index (χ3n) is 4.48. The summed E-state index contributed by atoms with van der Waals surface area (Å²) in [5.74, 6) is -0.992. The molecular weight excluding hydrogens is 336 g/mol. The van der Waals surface area contributed by atoms with Crippen LogP contribution >= 0.6 is 11.6 Å². The number of hydrogen-bond acceptors (Lipinski definition) is 2.